The summed E-state index contributed by atoms with van der Waals surface area (Å²) in [5.41, 5.74) is 13.5. The summed E-state index contributed by atoms with van der Waals surface area (Å²) in [5.74, 6) is 1.53. The topological polar surface area (TPSA) is 72.3 Å². The Morgan fingerprint density at radius 3 is 1.50 bits per heavy atom. The number of benzene rings is 9. The number of aromatic nitrogens is 5. The Bertz CT molecular complexity index is 3690. The normalized spacial score (nSPS) is 11.4. The molecule has 0 aliphatic heterocycles. The molecule has 0 N–H and O–H groups in total. The maximum absolute atomic E-state index is 10.5. The number of fused-ring (bicyclic) bond motifs is 7. The molecule has 0 amide bonds. The van der Waals surface area contributed by atoms with Crippen LogP contribution in [0.1, 0.15) is 5.56 Å². The van der Waals surface area contributed by atoms with Crippen LogP contribution >= 0.6 is 0 Å². The number of nitriles is 1. The maximum atomic E-state index is 10.5. The first kappa shape index (κ1) is 36.9. The van der Waals surface area contributed by atoms with Gasteiger partial charge in [-0.1, -0.05) is 158 Å². The summed E-state index contributed by atoms with van der Waals surface area (Å²) in [7, 11) is 0. The summed E-state index contributed by atoms with van der Waals surface area (Å²) >= 11 is 0. The Labute approximate surface area is 369 Å². The van der Waals surface area contributed by atoms with Crippen molar-refractivity contribution in [2.45, 2.75) is 0 Å². The lowest BCUT2D eigenvalue weighted by molar-refractivity contribution is 1.06. The average Bonchev–Trinajstić information content (AvgIpc) is 3.90. The van der Waals surface area contributed by atoms with Gasteiger partial charge in [0, 0.05) is 43.9 Å². The molecule has 0 radical (unpaired) electrons. The highest BCUT2D eigenvalue weighted by atomic mass is 15.1. The van der Waals surface area contributed by atoms with E-state index in [-0.39, 0.29) is 0 Å². The van der Waals surface area contributed by atoms with Gasteiger partial charge in [-0.2, -0.15) is 5.26 Å². The van der Waals surface area contributed by atoms with Gasteiger partial charge in [0.05, 0.1) is 39.4 Å². The van der Waals surface area contributed by atoms with Crippen LogP contribution in [0.5, 0.6) is 0 Å². The van der Waals surface area contributed by atoms with Gasteiger partial charge in [0.15, 0.2) is 17.5 Å². The zero-order valence-electron chi connectivity index (χ0n) is 34.5. The van der Waals surface area contributed by atoms with Gasteiger partial charge >= 0.3 is 0 Å². The minimum atomic E-state index is 0.465. The Morgan fingerprint density at radius 2 is 0.875 bits per heavy atom. The molecule has 3 aromatic heterocycles. The minimum absolute atomic E-state index is 0.465. The van der Waals surface area contributed by atoms with Gasteiger partial charge in [-0.25, -0.2) is 15.0 Å². The highest BCUT2D eigenvalue weighted by molar-refractivity contribution is 6.26. The van der Waals surface area contributed by atoms with Crippen LogP contribution in [0.4, 0.5) is 0 Å². The second kappa shape index (κ2) is 15.2. The third kappa shape index (κ3) is 6.14. The predicted octanol–water partition coefficient (Wildman–Crippen LogP) is 14.3. The zero-order valence-corrected chi connectivity index (χ0v) is 34.5. The van der Waals surface area contributed by atoms with Crippen molar-refractivity contribution in [3.63, 3.8) is 0 Å². The molecule has 0 saturated carbocycles. The smallest absolute Gasteiger partial charge is 0.166 e. The van der Waals surface area contributed by atoms with Crippen molar-refractivity contribution in [2.75, 3.05) is 0 Å². The number of hydrogen-bond donors (Lipinski definition) is 0. The highest BCUT2D eigenvalue weighted by Gasteiger charge is 2.24. The molecule has 0 fully saturated rings. The standard InChI is InChI=1S/C58H36N6/c59-37-38-30-32-52(64-50-28-12-10-26-46(50)47-31-33-53-54(55(47)64)48-27-11-13-29-51(48)63(53)45-24-8-3-9-25-45)49(34-38)58-61-56(43-22-14-20-41(35-43)39-16-4-1-5-17-39)60-57(62-58)44-23-15-21-42(36-44)40-18-6-2-7-19-40/h1-36H. The summed E-state index contributed by atoms with van der Waals surface area (Å²) < 4.78 is 4.70. The van der Waals surface area contributed by atoms with E-state index in [0.29, 0.717) is 28.6 Å². The molecular formula is C58H36N6. The third-order valence-electron chi connectivity index (χ3n) is 12.2. The SMILES string of the molecule is N#Cc1ccc(-n2c3ccccc3c3ccc4c(c5ccccc5n4-c4ccccc4)c32)c(-c2nc(-c3cccc(-c4ccccc4)c3)nc(-c3cccc(-c4ccccc4)c3)n2)c1. The average molecular weight is 817 g/mol. The van der Waals surface area contributed by atoms with Crippen molar-refractivity contribution < 1.29 is 0 Å². The first-order valence-corrected chi connectivity index (χ1v) is 21.3. The van der Waals surface area contributed by atoms with E-state index >= 15 is 0 Å². The molecule has 0 saturated heterocycles. The summed E-state index contributed by atoms with van der Waals surface area (Å²) in [6, 6.07) is 77.9. The number of rotatable bonds is 7. The van der Waals surface area contributed by atoms with E-state index in [2.05, 4.69) is 167 Å². The molecule has 0 unspecified atom stereocenters. The van der Waals surface area contributed by atoms with Gasteiger partial charge in [0.25, 0.3) is 0 Å². The first-order chi connectivity index (χ1) is 31.7. The Morgan fingerprint density at radius 1 is 0.359 bits per heavy atom. The van der Waals surface area contributed by atoms with Crippen LogP contribution in [-0.4, -0.2) is 24.1 Å². The van der Waals surface area contributed by atoms with Crippen LogP contribution in [0.2, 0.25) is 0 Å². The van der Waals surface area contributed by atoms with E-state index < -0.39 is 0 Å². The third-order valence-corrected chi connectivity index (χ3v) is 12.2. The molecule has 0 aliphatic carbocycles. The quantitative estimate of drug-likeness (QED) is 0.161. The summed E-state index contributed by atoms with van der Waals surface area (Å²) in [5, 5.41) is 15.0. The van der Waals surface area contributed by atoms with Crippen molar-refractivity contribution in [3.8, 4) is 73.9 Å². The fourth-order valence-corrected chi connectivity index (χ4v) is 9.29. The Balaban J connectivity index is 1.16. The maximum Gasteiger partial charge on any atom is 0.166 e. The molecule has 0 aliphatic rings. The number of hydrogen-bond acceptors (Lipinski definition) is 4. The molecule has 0 atom stereocenters. The van der Waals surface area contributed by atoms with Crippen molar-refractivity contribution in [1.82, 2.24) is 24.1 Å². The number of nitrogens with zero attached hydrogens (tertiary/aromatic N) is 6. The summed E-state index contributed by atoms with van der Waals surface area (Å²) in [4.78, 5) is 15.9. The largest absolute Gasteiger partial charge is 0.309 e. The Hall–Kier alpha value is -8.92. The second-order valence-corrected chi connectivity index (χ2v) is 15.9. The van der Waals surface area contributed by atoms with Gasteiger partial charge in [0.1, 0.15) is 0 Å². The van der Waals surface area contributed by atoms with Gasteiger partial charge in [-0.15, -0.1) is 0 Å². The van der Waals surface area contributed by atoms with Crippen molar-refractivity contribution in [2.24, 2.45) is 0 Å². The monoisotopic (exact) mass is 816 g/mol. The van der Waals surface area contributed by atoms with Crippen LogP contribution in [0.15, 0.2) is 218 Å². The summed E-state index contributed by atoms with van der Waals surface area (Å²) in [6.45, 7) is 0. The molecule has 6 heteroatoms. The molecular weight excluding hydrogens is 781 g/mol. The predicted molar refractivity (Wildman–Crippen MR) is 260 cm³/mol. The van der Waals surface area contributed by atoms with Crippen molar-refractivity contribution in [1.29, 1.82) is 5.26 Å². The van der Waals surface area contributed by atoms with Gasteiger partial charge in [0.2, 0.25) is 0 Å². The molecule has 3 heterocycles. The highest BCUT2D eigenvalue weighted by Crippen LogP contribution is 2.43. The van der Waals surface area contributed by atoms with Gasteiger partial charge in [-0.3, -0.25) is 0 Å². The molecule has 6 nitrogen and oxygen atoms in total. The molecule has 12 rings (SSSR count). The van der Waals surface area contributed by atoms with Crippen molar-refractivity contribution in [3.05, 3.63) is 224 Å². The minimum Gasteiger partial charge on any atom is -0.309 e. The van der Waals surface area contributed by atoms with E-state index in [1.54, 1.807) is 0 Å². The van der Waals surface area contributed by atoms with Gasteiger partial charge in [-0.05, 0) is 82.9 Å². The fraction of sp³-hybridized carbons (Fsp3) is 0. The van der Waals surface area contributed by atoms with Crippen molar-refractivity contribution >= 4 is 43.6 Å². The zero-order chi connectivity index (χ0) is 42.6. The van der Waals surface area contributed by atoms with E-state index in [4.69, 9.17) is 15.0 Å². The van der Waals surface area contributed by atoms with Crippen LogP contribution < -0.4 is 0 Å². The van der Waals surface area contributed by atoms with E-state index in [1.807, 2.05) is 66.7 Å². The lowest BCUT2D eigenvalue weighted by atomic mass is 10.0. The van der Waals surface area contributed by atoms with Crippen LogP contribution in [0.25, 0.3) is 111 Å². The fourth-order valence-electron chi connectivity index (χ4n) is 9.29. The van der Waals surface area contributed by atoms with E-state index in [1.165, 1.54) is 0 Å². The number of para-hydroxylation sites is 3. The first-order valence-electron chi connectivity index (χ1n) is 21.3. The van der Waals surface area contributed by atoms with Gasteiger partial charge < -0.3 is 9.13 Å². The molecule has 12 aromatic rings. The molecule has 298 valence electrons. The molecule has 0 spiro atoms. The van der Waals surface area contributed by atoms with Crippen LogP contribution in [0.3, 0.4) is 0 Å². The van der Waals surface area contributed by atoms with Crippen LogP contribution in [0, 0.1) is 11.3 Å². The summed E-state index contributed by atoms with van der Waals surface area (Å²) in [6.07, 6.45) is 0. The molecule has 9 aromatic carbocycles. The van der Waals surface area contributed by atoms with E-state index in [9.17, 15) is 5.26 Å². The molecule has 64 heavy (non-hydrogen) atoms. The molecule has 0 bridgehead atoms. The second-order valence-electron chi connectivity index (χ2n) is 15.9. The Kier molecular flexibility index (Phi) is 8.77. The van der Waals surface area contributed by atoms with Crippen LogP contribution in [-0.2, 0) is 0 Å². The van der Waals surface area contributed by atoms with E-state index in [0.717, 1.165) is 88.4 Å². The lowest BCUT2D eigenvalue weighted by Crippen LogP contribution is -2.04. The lowest BCUT2D eigenvalue weighted by Gasteiger charge is -2.16.